The van der Waals surface area contributed by atoms with Gasteiger partial charge < -0.3 is 10.3 Å². The number of carbonyl (C=O) groups is 1. The molecule has 0 saturated heterocycles. The van der Waals surface area contributed by atoms with E-state index in [0.29, 0.717) is 12.2 Å². The molecule has 0 radical (unpaired) electrons. The second-order valence-corrected chi connectivity index (χ2v) is 6.06. The molecular weight excluding hydrogens is 296 g/mol. The molecule has 112 valence electrons. The van der Waals surface area contributed by atoms with Crippen molar-refractivity contribution in [3.63, 3.8) is 0 Å². The number of carbonyl (C=O) groups excluding carboxylic acids is 1. The Balaban J connectivity index is 1.72. The van der Waals surface area contributed by atoms with Gasteiger partial charge in [-0.05, 0) is 12.5 Å². The maximum Gasteiger partial charge on any atom is 0.271 e. The molecule has 0 aliphatic rings. The number of aryl methyl sites for hydroxylation is 1. The number of benzene rings is 1. The van der Waals surface area contributed by atoms with Crippen LogP contribution in [0.4, 0.5) is 0 Å². The van der Waals surface area contributed by atoms with Crippen molar-refractivity contribution in [3.05, 3.63) is 59.3 Å². The number of rotatable bonds is 5. The van der Waals surface area contributed by atoms with Crippen molar-refractivity contribution in [1.82, 2.24) is 20.3 Å². The summed E-state index contributed by atoms with van der Waals surface area (Å²) in [6, 6.07) is 9.87. The van der Waals surface area contributed by atoms with Gasteiger partial charge in [-0.15, -0.1) is 11.3 Å². The van der Waals surface area contributed by atoms with E-state index in [9.17, 15) is 4.79 Å². The molecule has 5 nitrogen and oxygen atoms in total. The third-order valence-electron chi connectivity index (χ3n) is 3.22. The van der Waals surface area contributed by atoms with Gasteiger partial charge in [0.1, 0.15) is 5.69 Å². The zero-order chi connectivity index (χ0) is 15.4. The molecule has 2 aromatic heterocycles. The Bertz CT molecular complexity index is 750. The minimum absolute atomic E-state index is 0.136. The molecule has 2 N–H and O–H groups in total. The summed E-state index contributed by atoms with van der Waals surface area (Å²) in [6.07, 6.45) is 4.11. The topological polar surface area (TPSA) is 70.7 Å². The number of amides is 1. The summed E-state index contributed by atoms with van der Waals surface area (Å²) in [6.45, 7) is 2.46. The van der Waals surface area contributed by atoms with Crippen molar-refractivity contribution >= 4 is 17.2 Å². The van der Waals surface area contributed by atoms with Crippen LogP contribution in [0.1, 0.15) is 21.2 Å². The lowest BCUT2D eigenvalue weighted by Crippen LogP contribution is -2.26. The zero-order valence-electron chi connectivity index (χ0n) is 12.2. The average Bonchev–Trinajstić information content (AvgIpc) is 3.17. The number of thiazole rings is 1. The largest absolute Gasteiger partial charge is 0.350 e. The molecule has 0 aliphatic heterocycles. The van der Waals surface area contributed by atoms with Crippen LogP contribution in [0.25, 0.3) is 10.4 Å². The number of aromatic nitrogens is 3. The van der Waals surface area contributed by atoms with E-state index in [4.69, 9.17) is 0 Å². The number of nitrogens with one attached hydrogen (secondary N) is 2. The van der Waals surface area contributed by atoms with E-state index in [1.165, 1.54) is 11.3 Å². The van der Waals surface area contributed by atoms with Gasteiger partial charge in [0, 0.05) is 24.9 Å². The minimum Gasteiger partial charge on any atom is -0.350 e. The molecular formula is C16H16N4OS. The molecule has 2 heterocycles. The van der Waals surface area contributed by atoms with Crippen molar-refractivity contribution in [2.75, 3.05) is 6.54 Å². The Kier molecular flexibility index (Phi) is 4.29. The summed E-state index contributed by atoms with van der Waals surface area (Å²) in [5.41, 5.74) is 2.52. The van der Waals surface area contributed by atoms with Crippen LogP contribution in [-0.4, -0.2) is 27.4 Å². The summed E-state index contributed by atoms with van der Waals surface area (Å²) in [5.74, 6) is -0.136. The minimum atomic E-state index is -0.136. The molecule has 0 unspecified atom stereocenters. The molecule has 0 bridgehead atoms. The van der Waals surface area contributed by atoms with E-state index in [0.717, 1.165) is 27.6 Å². The number of hydrogen-bond acceptors (Lipinski definition) is 4. The van der Waals surface area contributed by atoms with Crippen LogP contribution < -0.4 is 5.32 Å². The maximum absolute atomic E-state index is 12.4. The fraction of sp³-hybridized carbons (Fsp3) is 0.188. The highest BCUT2D eigenvalue weighted by molar-refractivity contribution is 7.15. The molecule has 6 heteroatoms. The first-order valence-electron chi connectivity index (χ1n) is 7.02. The molecule has 0 saturated carbocycles. The Morgan fingerprint density at radius 1 is 1.32 bits per heavy atom. The number of hydrogen-bond donors (Lipinski definition) is 2. The highest BCUT2D eigenvalue weighted by Crippen LogP contribution is 2.29. The number of imidazole rings is 1. The normalized spacial score (nSPS) is 10.6. The van der Waals surface area contributed by atoms with Crippen LogP contribution in [0.5, 0.6) is 0 Å². The third-order valence-corrected chi connectivity index (χ3v) is 4.24. The van der Waals surface area contributed by atoms with E-state index < -0.39 is 0 Å². The fourth-order valence-corrected chi connectivity index (χ4v) is 3.10. The predicted molar refractivity (Wildman–Crippen MR) is 86.9 cm³/mol. The standard InChI is InChI=1S/C16H16N4OS/c1-11-20-14(15(22-11)12-5-3-2-4-6-12)16(21)18-8-7-13-9-17-10-19-13/h2-6,9-10H,7-8H2,1H3,(H,17,19)(H,18,21). The summed E-state index contributed by atoms with van der Waals surface area (Å²) < 4.78 is 0. The number of nitrogens with zero attached hydrogens (tertiary/aromatic N) is 2. The first-order chi connectivity index (χ1) is 10.7. The lowest BCUT2D eigenvalue weighted by atomic mass is 10.1. The molecule has 0 atom stereocenters. The molecule has 3 rings (SSSR count). The fourth-order valence-electron chi connectivity index (χ4n) is 2.18. The van der Waals surface area contributed by atoms with Gasteiger partial charge in [-0.3, -0.25) is 4.79 Å². The lowest BCUT2D eigenvalue weighted by molar-refractivity contribution is 0.0950. The second kappa shape index (κ2) is 6.53. The van der Waals surface area contributed by atoms with Crippen LogP contribution in [0.15, 0.2) is 42.9 Å². The zero-order valence-corrected chi connectivity index (χ0v) is 13.0. The van der Waals surface area contributed by atoms with Crippen molar-refractivity contribution in [1.29, 1.82) is 0 Å². The first kappa shape index (κ1) is 14.5. The molecule has 0 fully saturated rings. The number of H-pyrrole nitrogens is 1. The Morgan fingerprint density at radius 2 is 2.14 bits per heavy atom. The van der Waals surface area contributed by atoms with E-state index in [1.54, 1.807) is 12.5 Å². The Morgan fingerprint density at radius 3 is 2.86 bits per heavy atom. The summed E-state index contributed by atoms with van der Waals surface area (Å²) in [5, 5.41) is 3.80. The Labute approximate surface area is 132 Å². The molecule has 1 aromatic carbocycles. The van der Waals surface area contributed by atoms with Crippen molar-refractivity contribution < 1.29 is 4.79 Å². The third kappa shape index (κ3) is 3.23. The molecule has 22 heavy (non-hydrogen) atoms. The smallest absolute Gasteiger partial charge is 0.271 e. The number of aromatic amines is 1. The average molecular weight is 312 g/mol. The van der Waals surface area contributed by atoms with Crippen LogP contribution in [-0.2, 0) is 6.42 Å². The van der Waals surface area contributed by atoms with Gasteiger partial charge >= 0.3 is 0 Å². The summed E-state index contributed by atoms with van der Waals surface area (Å²) >= 11 is 1.54. The van der Waals surface area contributed by atoms with E-state index in [1.807, 2.05) is 37.3 Å². The van der Waals surface area contributed by atoms with E-state index >= 15 is 0 Å². The highest BCUT2D eigenvalue weighted by Gasteiger charge is 2.17. The lowest BCUT2D eigenvalue weighted by Gasteiger charge is -2.04. The quantitative estimate of drug-likeness (QED) is 0.761. The van der Waals surface area contributed by atoms with Gasteiger partial charge in [0.25, 0.3) is 5.91 Å². The van der Waals surface area contributed by atoms with Crippen molar-refractivity contribution in [2.24, 2.45) is 0 Å². The van der Waals surface area contributed by atoms with Crippen molar-refractivity contribution in [2.45, 2.75) is 13.3 Å². The molecule has 0 spiro atoms. The predicted octanol–water partition coefficient (Wildman–Crippen LogP) is 2.81. The molecule has 0 aliphatic carbocycles. The molecule has 3 aromatic rings. The van der Waals surface area contributed by atoms with Crippen LogP contribution in [0.3, 0.4) is 0 Å². The van der Waals surface area contributed by atoms with Gasteiger partial charge in [0.15, 0.2) is 0 Å². The monoisotopic (exact) mass is 312 g/mol. The summed E-state index contributed by atoms with van der Waals surface area (Å²) in [7, 11) is 0. The van der Waals surface area contributed by atoms with Gasteiger partial charge in [-0.25, -0.2) is 9.97 Å². The van der Waals surface area contributed by atoms with Gasteiger partial charge in [-0.2, -0.15) is 0 Å². The second-order valence-electron chi connectivity index (χ2n) is 4.86. The van der Waals surface area contributed by atoms with E-state index in [-0.39, 0.29) is 5.91 Å². The SMILES string of the molecule is Cc1nc(C(=O)NCCc2cnc[nH]2)c(-c2ccccc2)s1. The Hall–Kier alpha value is -2.47. The van der Waals surface area contributed by atoms with E-state index in [2.05, 4.69) is 20.3 Å². The summed E-state index contributed by atoms with van der Waals surface area (Å²) in [4.78, 5) is 24.7. The highest BCUT2D eigenvalue weighted by atomic mass is 32.1. The maximum atomic E-state index is 12.4. The van der Waals surface area contributed by atoms with Gasteiger partial charge in [-0.1, -0.05) is 30.3 Å². The van der Waals surface area contributed by atoms with Gasteiger partial charge in [0.05, 0.1) is 16.2 Å². The van der Waals surface area contributed by atoms with Crippen LogP contribution >= 0.6 is 11.3 Å². The first-order valence-corrected chi connectivity index (χ1v) is 7.84. The van der Waals surface area contributed by atoms with Gasteiger partial charge in [0.2, 0.25) is 0 Å². The van der Waals surface area contributed by atoms with Crippen LogP contribution in [0, 0.1) is 6.92 Å². The van der Waals surface area contributed by atoms with Crippen LogP contribution in [0.2, 0.25) is 0 Å². The van der Waals surface area contributed by atoms with Crippen molar-refractivity contribution in [3.8, 4) is 10.4 Å². The molecule has 1 amide bonds.